The minimum atomic E-state index is 0.503. The Kier molecular flexibility index (Phi) is 2.73. The van der Waals surface area contributed by atoms with E-state index in [1.165, 1.54) is 24.0 Å². The number of anilines is 1. The third kappa shape index (κ3) is 2.08. The van der Waals surface area contributed by atoms with Gasteiger partial charge in [0.1, 0.15) is 11.1 Å². The van der Waals surface area contributed by atoms with Crippen LogP contribution >= 0.6 is 0 Å². The van der Waals surface area contributed by atoms with Gasteiger partial charge in [-0.25, -0.2) is 0 Å². The van der Waals surface area contributed by atoms with Gasteiger partial charge in [0.25, 0.3) is 0 Å². The second-order valence-electron chi connectivity index (χ2n) is 5.12. The van der Waals surface area contributed by atoms with E-state index in [1.54, 1.807) is 13.2 Å². The van der Waals surface area contributed by atoms with E-state index in [-0.39, 0.29) is 0 Å². The highest BCUT2D eigenvalue weighted by molar-refractivity contribution is 5.80. The van der Waals surface area contributed by atoms with Crippen LogP contribution in [0.5, 0.6) is 11.6 Å². The molecule has 1 aliphatic carbocycles. The van der Waals surface area contributed by atoms with Gasteiger partial charge in [0, 0.05) is 7.05 Å². The molecular formula is C15H15N5O. The summed E-state index contributed by atoms with van der Waals surface area (Å²) in [5.74, 6) is 1.82. The fraction of sp³-hybridized carbons (Fsp3) is 0.267. The number of hydrogen-bond donors (Lipinski definition) is 2. The Labute approximate surface area is 121 Å². The van der Waals surface area contributed by atoms with Crippen LogP contribution < -0.4 is 10.1 Å². The van der Waals surface area contributed by atoms with Crippen LogP contribution in [-0.2, 0) is 12.8 Å². The summed E-state index contributed by atoms with van der Waals surface area (Å²) in [4.78, 5) is 8.67. The molecule has 6 heteroatoms. The van der Waals surface area contributed by atoms with Crippen molar-refractivity contribution in [3.05, 3.63) is 35.5 Å². The maximum Gasteiger partial charge on any atom is 0.235 e. The lowest BCUT2D eigenvalue weighted by Crippen LogP contribution is -1.99. The Morgan fingerprint density at radius 1 is 1.19 bits per heavy atom. The number of benzene rings is 1. The number of aromatic amines is 1. The topological polar surface area (TPSA) is 75.7 Å². The van der Waals surface area contributed by atoms with E-state index in [2.05, 4.69) is 37.6 Å². The molecule has 21 heavy (non-hydrogen) atoms. The molecule has 0 unspecified atom stereocenters. The predicted molar refractivity (Wildman–Crippen MR) is 79.8 cm³/mol. The molecule has 0 aliphatic heterocycles. The Bertz CT molecular complexity index is 811. The minimum absolute atomic E-state index is 0.503. The van der Waals surface area contributed by atoms with Gasteiger partial charge in [-0.1, -0.05) is 6.07 Å². The molecule has 0 spiro atoms. The summed E-state index contributed by atoms with van der Waals surface area (Å²) in [6.07, 6.45) is 5.19. The molecule has 2 N–H and O–H groups in total. The summed E-state index contributed by atoms with van der Waals surface area (Å²) in [5, 5.41) is 10.5. The zero-order chi connectivity index (χ0) is 14.2. The highest BCUT2D eigenvalue weighted by Gasteiger charge is 2.14. The van der Waals surface area contributed by atoms with Gasteiger partial charge >= 0.3 is 0 Å². The molecule has 2 heterocycles. The zero-order valence-electron chi connectivity index (χ0n) is 11.7. The molecule has 0 amide bonds. The van der Waals surface area contributed by atoms with Gasteiger partial charge in [-0.15, -0.1) is 0 Å². The van der Waals surface area contributed by atoms with E-state index in [0.717, 1.165) is 17.6 Å². The monoisotopic (exact) mass is 281 g/mol. The summed E-state index contributed by atoms with van der Waals surface area (Å²) < 4.78 is 5.97. The van der Waals surface area contributed by atoms with E-state index in [0.29, 0.717) is 17.5 Å². The number of aromatic nitrogens is 4. The van der Waals surface area contributed by atoms with Crippen molar-refractivity contribution >= 4 is 17.0 Å². The largest absolute Gasteiger partial charge is 0.438 e. The third-order valence-electron chi connectivity index (χ3n) is 3.78. The first-order chi connectivity index (χ1) is 10.3. The Morgan fingerprint density at radius 3 is 3.00 bits per heavy atom. The van der Waals surface area contributed by atoms with Crippen molar-refractivity contribution in [1.29, 1.82) is 0 Å². The van der Waals surface area contributed by atoms with E-state index < -0.39 is 0 Å². The van der Waals surface area contributed by atoms with Crippen molar-refractivity contribution in [2.45, 2.75) is 19.3 Å². The molecule has 0 bridgehead atoms. The summed E-state index contributed by atoms with van der Waals surface area (Å²) >= 11 is 0. The first-order valence-corrected chi connectivity index (χ1v) is 7.02. The quantitative estimate of drug-likeness (QED) is 0.772. The van der Waals surface area contributed by atoms with Crippen molar-refractivity contribution in [3.63, 3.8) is 0 Å². The van der Waals surface area contributed by atoms with Crippen LogP contribution in [0.25, 0.3) is 11.0 Å². The van der Waals surface area contributed by atoms with E-state index in [1.807, 2.05) is 6.07 Å². The van der Waals surface area contributed by atoms with E-state index >= 15 is 0 Å². The molecule has 4 rings (SSSR count). The first kappa shape index (κ1) is 12.1. The summed E-state index contributed by atoms with van der Waals surface area (Å²) in [6.45, 7) is 0. The molecule has 106 valence electrons. The SMILES string of the molecule is CNc1nc(Oc2ccc3c(c2)CCC3)c2cn[nH]c2n1. The van der Waals surface area contributed by atoms with Gasteiger partial charge in [0.05, 0.1) is 6.20 Å². The number of hydrogen-bond acceptors (Lipinski definition) is 5. The highest BCUT2D eigenvalue weighted by Crippen LogP contribution is 2.31. The van der Waals surface area contributed by atoms with E-state index in [4.69, 9.17) is 4.74 Å². The average molecular weight is 281 g/mol. The summed E-state index contributed by atoms with van der Waals surface area (Å²) in [7, 11) is 1.77. The van der Waals surface area contributed by atoms with Gasteiger partial charge in [0.15, 0.2) is 5.65 Å². The van der Waals surface area contributed by atoms with Crippen LogP contribution in [0, 0.1) is 0 Å². The molecular weight excluding hydrogens is 266 g/mol. The molecule has 0 atom stereocenters. The normalized spacial score (nSPS) is 13.4. The van der Waals surface area contributed by atoms with Crippen molar-refractivity contribution in [2.24, 2.45) is 0 Å². The highest BCUT2D eigenvalue weighted by atomic mass is 16.5. The molecule has 3 aromatic rings. The maximum atomic E-state index is 5.97. The summed E-state index contributed by atoms with van der Waals surface area (Å²) in [5.41, 5.74) is 3.46. The number of ether oxygens (including phenoxy) is 1. The Morgan fingerprint density at radius 2 is 2.10 bits per heavy atom. The van der Waals surface area contributed by atoms with Crippen molar-refractivity contribution in [3.8, 4) is 11.6 Å². The number of fused-ring (bicyclic) bond motifs is 2. The zero-order valence-corrected chi connectivity index (χ0v) is 11.7. The van der Waals surface area contributed by atoms with Gasteiger partial charge < -0.3 is 10.1 Å². The molecule has 0 saturated heterocycles. The molecule has 6 nitrogen and oxygen atoms in total. The number of nitrogens with one attached hydrogen (secondary N) is 2. The van der Waals surface area contributed by atoms with Crippen LogP contribution in [0.1, 0.15) is 17.5 Å². The molecule has 0 fully saturated rings. The van der Waals surface area contributed by atoms with Gasteiger partial charge in [0.2, 0.25) is 11.8 Å². The molecule has 0 radical (unpaired) electrons. The fourth-order valence-electron chi connectivity index (χ4n) is 2.72. The molecule has 1 aliphatic rings. The van der Waals surface area contributed by atoms with Gasteiger partial charge in [-0.2, -0.15) is 15.1 Å². The fourth-order valence-corrected chi connectivity index (χ4v) is 2.72. The second-order valence-corrected chi connectivity index (χ2v) is 5.12. The van der Waals surface area contributed by atoms with Crippen LogP contribution in [0.15, 0.2) is 24.4 Å². The first-order valence-electron chi connectivity index (χ1n) is 7.02. The lowest BCUT2D eigenvalue weighted by molar-refractivity contribution is 0.468. The summed E-state index contributed by atoms with van der Waals surface area (Å²) in [6, 6.07) is 6.25. The molecule has 2 aromatic heterocycles. The van der Waals surface area contributed by atoms with Gasteiger partial charge in [-0.3, -0.25) is 5.10 Å². The molecule has 1 aromatic carbocycles. The molecule has 0 saturated carbocycles. The predicted octanol–water partition coefficient (Wildman–Crippen LogP) is 2.68. The lowest BCUT2D eigenvalue weighted by Gasteiger charge is -2.08. The van der Waals surface area contributed by atoms with Crippen molar-refractivity contribution in [1.82, 2.24) is 20.2 Å². The average Bonchev–Trinajstić information content (AvgIpc) is 3.14. The number of rotatable bonds is 3. The smallest absolute Gasteiger partial charge is 0.235 e. The van der Waals surface area contributed by atoms with Crippen LogP contribution in [0.4, 0.5) is 5.95 Å². The third-order valence-corrected chi connectivity index (χ3v) is 3.78. The van der Waals surface area contributed by atoms with Crippen LogP contribution in [0.3, 0.4) is 0 Å². The number of aryl methyl sites for hydroxylation is 2. The van der Waals surface area contributed by atoms with Crippen molar-refractivity contribution < 1.29 is 4.74 Å². The van der Waals surface area contributed by atoms with Crippen LogP contribution in [0.2, 0.25) is 0 Å². The maximum absolute atomic E-state index is 5.97. The Balaban J connectivity index is 1.75. The number of nitrogens with zero attached hydrogens (tertiary/aromatic N) is 3. The lowest BCUT2D eigenvalue weighted by atomic mass is 10.1. The minimum Gasteiger partial charge on any atom is -0.438 e. The number of H-pyrrole nitrogens is 1. The van der Waals surface area contributed by atoms with Crippen LogP contribution in [-0.4, -0.2) is 27.2 Å². The second kappa shape index (κ2) is 4.73. The van der Waals surface area contributed by atoms with Gasteiger partial charge in [-0.05, 0) is 42.5 Å². The van der Waals surface area contributed by atoms with E-state index in [9.17, 15) is 0 Å². The Hall–Kier alpha value is -2.63. The standard InChI is InChI=1S/C15H15N5O/c1-16-15-18-13-12(8-17-20-13)14(19-15)21-11-6-5-9-3-2-4-10(9)7-11/h5-8H,2-4H2,1H3,(H2,16,17,18,19,20). The van der Waals surface area contributed by atoms with Crippen molar-refractivity contribution in [2.75, 3.05) is 12.4 Å².